The molecule has 90 valence electrons. The quantitative estimate of drug-likeness (QED) is 0.889. The van der Waals surface area contributed by atoms with Crippen LogP contribution in [-0.4, -0.2) is 16.8 Å². The van der Waals surface area contributed by atoms with E-state index in [9.17, 15) is 9.90 Å². The van der Waals surface area contributed by atoms with Gasteiger partial charge in [-0.1, -0.05) is 24.6 Å². The Labute approximate surface area is 105 Å². The van der Waals surface area contributed by atoms with Crippen LogP contribution in [0, 0.1) is 5.41 Å². The molecule has 0 aromatic heterocycles. The maximum atomic E-state index is 11.4. The molecule has 1 atom stereocenters. The summed E-state index contributed by atoms with van der Waals surface area (Å²) in [5.74, 6) is 0.903. The van der Waals surface area contributed by atoms with Crippen LogP contribution in [0.25, 0.3) is 0 Å². The number of fused-ring (bicyclic) bond motifs is 1. The van der Waals surface area contributed by atoms with Gasteiger partial charge in [0.1, 0.15) is 0 Å². The van der Waals surface area contributed by atoms with Gasteiger partial charge in [0.05, 0.1) is 5.41 Å². The lowest BCUT2D eigenvalue weighted by molar-refractivity contribution is -0.155. The van der Waals surface area contributed by atoms with E-state index in [-0.39, 0.29) is 0 Å². The van der Waals surface area contributed by atoms with Gasteiger partial charge in [0.2, 0.25) is 0 Å². The second-order valence-electron chi connectivity index (χ2n) is 5.19. The Balaban J connectivity index is 1.81. The van der Waals surface area contributed by atoms with Crippen molar-refractivity contribution in [1.29, 1.82) is 0 Å². The molecule has 1 saturated carbocycles. The Morgan fingerprint density at radius 2 is 2.18 bits per heavy atom. The maximum Gasteiger partial charge on any atom is 0.309 e. The highest BCUT2D eigenvalue weighted by atomic mass is 32.2. The first-order chi connectivity index (χ1) is 8.21. The van der Waals surface area contributed by atoms with Crippen molar-refractivity contribution in [2.75, 3.05) is 5.75 Å². The van der Waals surface area contributed by atoms with Crippen molar-refractivity contribution in [2.45, 2.75) is 36.5 Å². The fourth-order valence-electron chi connectivity index (χ4n) is 2.98. The van der Waals surface area contributed by atoms with Crippen molar-refractivity contribution in [2.24, 2.45) is 5.41 Å². The van der Waals surface area contributed by atoms with E-state index < -0.39 is 11.4 Å². The SMILES string of the molecule is O=C(O)C1(CC2CSc3ccccc32)CCC1. The number of hydrogen-bond donors (Lipinski definition) is 1. The number of carboxylic acid groups (broad SMARTS) is 1. The number of thioether (sulfide) groups is 1. The number of carboxylic acids is 1. The summed E-state index contributed by atoms with van der Waals surface area (Å²) in [6.07, 6.45) is 3.64. The Hall–Kier alpha value is -0.960. The number of carbonyl (C=O) groups is 1. The monoisotopic (exact) mass is 248 g/mol. The van der Waals surface area contributed by atoms with E-state index >= 15 is 0 Å². The minimum Gasteiger partial charge on any atom is -0.481 e. The Morgan fingerprint density at radius 1 is 1.41 bits per heavy atom. The molecule has 0 saturated heterocycles. The number of rotatable bonds is 3. The lowest BCUT2D eigenvalue weighted by Crippen LogP contribution is -2.39. The van der Waals surface area contributed by atoms with Crippen LogP contribution in [0.15, 0.2) is 29.2 Å². The van der Waals surface area contributed by atoms with E-state index in [1.54, 1.807) is 0 Å². The van der Waals surface area contributed by atoms with Gasteiger partial charge in [0.25, 0.3) is 0 Å². The van der Waals surface area contributed by atoms with Gasteiger partial charge in [-0.2, -0.15) is 0 Å². The normalized spacial score (nSPS) is 25.1. The van der Waals surface area contributed by atoms with Crippen LogP contribution in [0.1, 0.15) is 37.2 Å². The first-order valence-electron chi connectivity index (χ1n) is 6.16. The molecule has 1 aromatic carbocycles. The molecular formula is C14H16O2S. The fraction of sp³-hybridized carbons (Fsp3) is 0.500. The summed E-state index contributed by atoms with van der Waals surface area (Å²) in [4.78, 5) is 12.7. The Bertz CT molecular complexity index is 451. The van der Waals surface area contributed by atoms with Crippen LogP contribution in [0.4, 0.5) is 0 Å². The Morgan fingerprint density at radius 3 is 2.82 bits per heavy atom. The molecule has 1 heterocycles. The summed E-state index contributed by atoms with van der Waals surface area (Å²) < 4.78 is 0. The predicted octanol–water partition coefficient (Wildman–Crippen LogP) is 3.52. The summed E-state index contributed by atoms with van der Waals surface area (Å²) >= 11 is 1.87. The highest BCUT2D eigenvalue weighted by Crippen LogP contribution is 2.52. The summed E-state index contributed by atoms with van der Waals surface area (Å²) in [5.41, 5.74) is 0.952. The molecule has 0 amide bonds. The van der Waals surface area contributed by atoms with Crippen molar-refractivity contribution in [3.8, 4) is 0 Å². The maximum absolute atomic E-state index is 11.4. The van der Waals surface area contributed by atoms with Crippen LogP contribution < -0.4 is 0 Å². The van der Waals surface area contributed by atoms with E-state index in [0.717, 1.165) is 31.4 Å². The molecule has 1 N–H and O–H groups in total. The van der Waals surface area contributed by atoms with Gasteiger partial charge in [-0.15, -0.1) is 11.8 Å². The van der Waals surface area contributed by atoms with Crippen molar-refractivity contribution in [3.63, 3.8) is 0 Å². The van der Waals surface area contributed by atoms with Gasteiger partial charge in [0, 0.05) is 10.6 Å². The first-order valence-corrected chi connectivity index (χ1v) is 7.15. The lowest BCUT2D eigenvalue weighted by Gasteiger charge is -2.39. The molecule has 3 rings (SSSR count). The third-order valence-corrected chi connectivity index (χ3v) is 5.45. The molecule has 17 heavy (non-hydrogen) atoms. The zero-order chi connectivity index (χ0) is 11.9. The van der Waals surface area contributed by atoms with Gasteiger partial charge < -0.3 is 5.11 Å². The first kappa shape index (κ1) is 11.1. The van der Waals surface area contributed by atoms with Crippen LogP contribution in [0.2, 0.25) is 0 Å². The standard InChI is InChI=1S/C14H16O2S/c15-13(16)14(6-3-7-14)8-10-9-17-12-5-2-1-4-11(10)12/h1-2,4-5,10H,3,6-9H2,(H,15,16). The van der Waals surface area contributed by atoms with Crippen LogP contribution in [0.3, 0.4) is 0 Å². The molecule has 2 aliphatic rings. The zero-order valence-electron chi connectivity index (χ0n) is 9.69. The largest absolute Gasteiger partial charge is 0.481 e. The molecular weight excluding hydrogens is 232 g/mol. The molecule has 1 aliphatic heterocycles. The van der Waals surface area contributed by atoms with Crippen molar-refractivity contribution in [3.05, 3.63) is 29.8 Å². The third-order valence-electron chi connectivity index (χ3n) is 4.20. The van der Waals surface area contributed by atoms with Gasteiger partial charge in [-0.25, -0.2) is 0 Å². The van der Waals surface area contributed by atoms with E-state index in [1.807, 2.05) is 11.8 Å². The van der Waals surface area contributed by atoms with Gasteiger partial charge >= 0.3 is 5.97 Å². The van der Waals surface area contributed by atoms with Gasteiger partial charge in [-0.05, 0) is 36.8 Å². The summed E-state index contributed by atoms with van der Waals surface area (Å²) in [6.45, 7) is 0. The molecule has 0 bridgehead atoms. The minimum atomic E-state index is -0.585. The van der Waals surface area contributed by atoms with Crippen LogP contribution in [0.5, 0.6) is 0 Å². The molecule has 0 spiro atoms. The van der Waals surface area contributed by atoms with E-state index in [1.165, 1.54) is 10.5 Å². The smallest absolute Gasteiger partial charge is 0.309 e. The van der Waals surface area contributed by atoms with E-state index in [0.29, 0.717) is 5.92 Å². The lowest BCUT2D eigenvalue weighted by atomic mass is 9.64. The number of benzene rings is 1. The van der Waals surface area contributed by atoms with Crippen molar-refractivity contribution >= 4 is 17.7 Å². The molecule has 1 aromatic rings. The average molecular weight is 248 g/mol. The van der Waals surface area contributed by atoms with E-state index in [2.05, 4.69) is 24.3 Å². The summed E-state index contributed by atoms with van der Waals surface area (Å²) in [6, 6.07) is 8.43. The Kier molecular flexibility index (Phi) is 2.66. The predicted molar refractivity (Wildman–Crippen MR) is 68.4 cm³/mol. The summed E-state index contributed by atoms with van der Waals surface area (Å²) in [5, 5.41) is 9.39. The highest BCUT2D eigenvalue weighted by Gasteiger charge is 2.46. The molecule has 0 radical (unpaired) electrons. The second kappa shape index (κ2) is 4.05. The van der Waals surface area contributed by atoms with Crippen LogP contribution in [-0.2, 0) is 4.79 Å². The van der Waals surface area contributed by atoms with Gasteiger partial charge in [-0.3, -0.25) is 4.79 Å². The average Bonchev–Trinajstić information content (AvgIpc) is 2.66. The van der Waals surface area contributed by atoms with Crippen molar-refractivity contribution < 1.29 is 9.90 Å². The molecule has 2 nitrogen and oxygen atoms in total. The highest BCUT2D eigenvalue weighted by molar-refractivity contribution is 7.99. The molecule has 3 heteroatoms. The number of hydrogen-bond acceptors (Lipinski definition) is 2. The minimum absolute atomic E-state index is 0.414. The van der Waals surface area contributed by atoms with Crippen molar-refractivity contribution in [1.82, 2.24) is 0 Å². The molecule has 1 unspecified atom stereocenters. The number of aliphatic carboxylic acids is 1. The molecule has 1 fully saturated rings. The third kappa shape index (κ3) is 1.77. The summed E-state index contributed by atoms with van der Waals surface area (Å²) in [7, 11) is 0. The fourth-order valence-corrected chi connectivity index (χ4v) is 4.23. The zero-order valence-corrected chi connectivity index (χ0v) is 10.5. The topological polar surface area (TPSA) is 37.3 Å². The van der Waals surface area contributed by atoms with Crippen LogP contribution >= 0.6 is 11.8 Å². The van der Waals surface area contributed by atoms with Gasteiger partial charge in [0.15, 0.2) is 0 Å². The second-order valence-corrected chi connectivity index (χ2v) is 6.25. The molecule has 1 aliphatic carbocycles. The van der Waals surface area contributed by atoms with E-state index in [4.69, 9.17) is 0 Å².